The highest BCUT2D eigenvalue weighted by atomic mass is 16.2. The van der Waals surface area contributed by atoms with Crippen molar-refractivity contribution in [2.45, 2.75) is 26.3 Å². The van der Waals surface area contributed by atoms with Gasteiger partial charge in [-0.1, -0.05) is 36.4 Å². The molecular weight excluding hydrogens is 360 g/mol. The molecule has 4 rings (SSSR count). The number of carbonyl (C=O) groups excluding carboxylic acids is 1. The van der Waals surface area contributed by atoms with Gasteiger partial charge in [0.15, 0.2) is 0 Å². The van der Waals surface area contributed by atoms with Crippen molar-refractivity contribution < 1.29 is 4.79 Å². The van der Waals surface area contributed by atoms with E-state index in [4.69, 9.17) is 0 Å². The minimum absolute atomic E-state index is 0.0740. The van der Waals surface area contributed by atoms with Crippen LogP contribution in [0.3, 0.4) is 0 Å². The summed E-state index contributed by atoms with van der Waals surface area (Å²) in [5.41, 5.74) is 4.92. The van der Waals surface area contributed by atoms with Crippen LogP contribution in [0.2, 0.25) is 0 Å². The number of carbonyl (C=O) groups is 1. The lowest BCUT2D eigenvalue weighted by atomic mass is 10.1. The summed E-state index contributed by atoms with van der Waals surface area (Å²) < 4.78 is 1.96. The minimum atomic E-state index is 0.0740. The van der Waals surface area contributed by atoms with E-state index in [1.807, 2.05) is 77.1 Å². The highest BCUT2D eigenvalue weighted by molar-refractivity contribution is 5.78. The summed E-state index contributed by atoms with van der Waals surface area (Å²) in [6.45, 7) is 3.24. The zero-order valence-electron chi connectivity index (χ0n) is 16.5. The Balaban J connectivity index is 1.50. The third-order valence-electron chi connectivity index (χ3n) is 4.93. The fourth-order valence-corrected chi connectivity index (χ4v) is 3.38. The number of benzene rings is 1. The number of pyridine rings is 2. The zero-order chi connectivity index (χ0) is 20.1. The van der Waals surface area contributed by atoms with Crippen LogP contribution in [0.25, 0.3) is 5.65 Å². The van der Waals surface area contributed by atoms with Crippen LogP contribution in [0.15, 0.2) is 79.3 Å². The van der Waals surface area contributed by atoms with Crippen molar-refractivity contribution in [1.82, 2.24) is 19.3 Å². The van der Waals surface area contributed by atoms with Crippen molar-refractivity contribution in [2.75, 3.05) is 6.54 Å². The molecule has 29 heavy (non-hydrogen) atoms. The average Bonchev–Trinajstić information content (AvgIpc) is 3.13. The van der Waals surface area contributed by atoms with Gasteiger partial charge in [-0.25, -0.2) is 4.98 Å². The first-order chi connectivity index (χ1) is 14.2. The summed E-state index contributed by atoms with van der Waals surface area (Å²) in [5.74, 6) is 0.0740. The molecule has 1 amide bonds. The SMILES string of the molecule is Cc1ccn2cc(CC(=O)N(CCc3ccccn3)Cc3ccccc3)nc2c1. The second kappa shape index (κ2) is 8.69. The molecule has 3 aromatic heterocycles. The molecule has 5 nitrogen and oxygen atoms in total. The van der Waals surface area contributed by atoms with Crippen molar-refractivity contribution in [3.63, 3.8) is 0 Å². The number of rotatable bonds is 7. The van der Waals surface area contributed by atoms with Crippen LogP contribution < -0.4 is 0 Å². The quantitative estimate of drug-likeness (QED) is 0.486. The van der Waals surface area contributed by atoms with Crippen molar-refractivity contribution in [3.8, 4) is 0 Å². The number of aryl methyl sites for hydroxylation is 1. The van der Waals surface area contributed by atoms with Gasteiger partial charge in [-0.15, -0.1) is 0 Å². The van der Waals surface area contributed by atoms with E-state index in [0.717, 1.165) is 34.6 Å². The van der Waals surface area contributed by atoms with Gasteiger partial charge in [-0.3, -0.25) is 9.78 Å². The summed E-state index contributed by atoms with van der Waals surface area (Å²) in [6, 6.07) is 20.0. The highest BCUT2D eigenvalue weighted by Crippen LogP contribution is 2.12. The van der Waals surface area contributed by atoms with Crippen LogP contribution in [0, 0.1) is 6.92 Å². The van der Waals surface area contributed by atoms with Crippen LogP contribution in [-0.4, -0.2) is 31.7 Å². The highest BCUT2D eigenvalue weighted by Gasteiger charge is 2.17. The first-order valence-corrected chi connectivity index (χ1v) is 9.83. The predicted molar refractivity (Wildman–Crippen MR) is 113 cm³/mol. The lowest BCUT2D eigenvalue weighted by molar-refractivity contribution is -0.131. The van der Waals surface area contributed by atoms with E-state index in [1.165, 1.54) is 0 Å². The van der Waals surface area contributed by atoms with Crippen LogP contribution in [0.5, 0.6) is 0 Å². The molecule has 0 aliphatic carbocycles. The maximum absolute atomic E-state index is 13.1. The summed E-state index contributed by atoms with van der Waals surface area (Å²) in [6.07, 6.45) is 6.72. The van der Waals surface area contributed by atoms with E-state index in [0.29, 0.717) is 13.1 Å². The average molecular weight is 384 g/mol. The Labute approximate surface area is 170 Å². The number of imidazole rings is 1. The number of hydrogen-bond donors (Lipinski definition) is 0. The molecule has 146 valence electrons. The molecule has 0 unspecified atom stereocenters. The van der Waals surface area contributed by atoms with Gasteiger partial charge in [0, 0.05) is 43.8 Å². The van der Waals surface area contributed by atoms with Crippen molar-refractivity contribution in [2.24, 2.45) is 0 Å². The van der Waals surface area contributed by atoms with E-state index in [1.54, 1.807) is 6.20 Å². The first kappa shape index (κ1) is 18.9. The van der Waals surface area contributed by atoms with Crippen LogP contribution in [0.4, 0.5) is 0 Å². The Kier molecular flexibility index (Phi) is 5.66. The molecule has 3 heterocycles. The van der Waals surface area contributed by atoms with Gasteiger partial charge in [-0.2, -0.15) is 0 Å². The Morgan fingerprint density at radius 1 is 1.03 bits per heavy atom. The molecule has 0 aliphatic heterocycles. The molecule has 0 fully saturated rings. The lowest BCUT2D eigenvalue weighted by Gasteiger charge is -2.22. The summed E-state index contributed by atoms with van der Waals surface area (Å²) in [4.78, 5) is 24.0. The maximum Gasteiger partial charge on any atom is 0.228 e. The molecule has 0 saturated carbocycles. The fourth-order valence-electron chi connectivity index (χ4n) is 3.38. The van der Waals surface area contributed by atoms with Crippen molar-refractivity contribution in [3.05, 3.63) is 102 Å². The Hall–Kier alpha value is -3.47. The number of fused-ring (bicyclic) bond motifs is 1. The minimum Gasteiger partial charge on any atom is -0.338 e. The van der Waals surface area contributed by atoms with Gasteiger partial charge in [0.05, 0.1) is 12.1 Å². The van der Waals surface area contributed by atoms with Gasteiger partial charge in [0.1, 0.15) is 5.65 Å². The van der Waals surface area contributed by atoms with Gasteiger partial charge in [0.2, 0.25) is 5.91 Å². The predicted octanol–water partition coefficient (Wildman–Crippen LogP) is 3.85. The topological polar surface area (TPSA) is 50.5 Å². The molecule has 0 spiro atoms. The normalized spacial score (nSPS) is 10.9. The van der Waals surface area contributed by atoms with Gasteiger partial charge < -0.3 is 9.30 Å². The van der Waals surface area contributed by atoms with E-state index in [9.17, 15) is 4.79 Å². The van der Waals surface area contributed by atoms with Crippen LogP contribution >= 0.6 is 0 Å². The molecule has 0 bridgehead atoms. The van der Waals surface area contributed by atoms with Crippen LogP contribution in [-0.2, 0) is 24.2 Å². The van der Waals surface area contributed by atoms with E-state index < -0.39 is 0 Å². The van der Waals surface area contributed by atoms with E-state index in [2.05, 4.69) is 22.1 Å². The largest absolute Gasteiger partial charge is 0.338 e. The van der Waals surface area contributed by atoms with E-state index in [-0.39, 0.29) is 12.3 Å². The summed E-state index contributed by atoms with van der Waals surface area (Å²) >= 11 is 0. The van der Waals surface area contributed by atoms with E-state index >= 15 is 0 Å². The third kappa shape index (κ3) is 4.88. The van der Waals surface area contributed by atoms with Gasteiger partial charge in [-0.05, 0) is 42.3 Å². The van der Waals surface area contributed by atoms with Gasteiger partial charge in [0.25, 0.3) is 0 Å². The van der Waals surface area contributed by atoms with Gasteiger partial charge >= 0.3 is 0 Å². The van der Waals surface area contributed by atoms with Crippen molar-refractivity contribution in [1.29, 1.82) is 0 Å². The molecule has 5 heteroatoms. The smallest absolute Gasteiger partial charge is 0.228 e. The van der Waals surface area contributed by atoms with Crippen molar-refractivity contribution >= 4 is 11.6 Å². The lowest BCUT2D eigenvalue weighted by Crippen LogP contribution is -2.33. The monoisotopic (exact) mass is 384 g/mol. The fraction of sp³-hybridized carbons (Fsp3) is 0.208. The summed E-state index contributed by atoms with van der Waals surface area (Å²) in [7, 11) is 0. The molecule has 0 aliphatic rings. The second-order valence-corrected chi connectivity index (χ2v) is 7.25. The number of hydrogen-bond acceptors (Lipinski definition) is 3. The first-order valence-electron chi connectivity index (χ1n) is 9.83. The molecule has 0 atom stereocenters. The van der Waals surface area contributed by atoms with Crippen LogP contribution in [0.1, 0.15) is 22.5 Å². The number of nitrogens with zero attached hydrogens (tertiary/aromatic N) is 4. The standard InChI is InChI=1S/C24H24N4O/c1-19-10-13-27-18-22(26-23(27)15-19)16-24(29)28(17-20-7-3-2-4-8-20)14-11-21-9-5-6-12-25-21/h2-10,12-13,15,18H,11,14,16-17H2,1H3. The molecule has 1 aromatic carbocycles. The molecule has 4 aromatic rings. The molecule has 0 saturated heterocycles. The Morgan fingerprint density at radius 2 is 1.86 bits per heavy atom. The maximum atomic E-state index is 13.1. The third-order valence-corrected chi connectivity index (χ3v) is 4.93. The zero-order valence-corrected chi connectivity index (χ0v) is 16.5. The molecular formula is C24H24N4O. The summed E-state index contributed by atoms with van der Waals surface area (Å²) in [5, 5.41) is 0. The Bertz CT molecular complexity index is 1090. The molecule has 0 radical (unpaired) electrons. The molecule has 0 N–H and O–H groups in total. The number of aromatic nitrogens is 3. The second-order valence-electron chi connectivity index (χ2n) is 7.25. The number of amides is 1. The Morgan fingerprint density at radius 3 is 2.66 bits per heavy atom.